The summed E-state index contributed by atoms with van der Waals surface area (Å²) in [4.78, 5) is 2.46. The number of nitrogens with zero attached hydrogens (tertiary/aromatic N) is 4. The monoisotopic (exact) mass is 267 g/mol. The number of fused-ring (bicyclic) bond motifs is 2. The van der Waals surface area contributed by atoms with Crippen molar-refractivity contribution in [1.82, 2.24) is 24.9 Å². The number of nitrogens with one attached hydrogen (secondary N) is 1. The molecule has 102 valence electrons. The minimum absolute atomic E-state index is 0.932. The van der Waals surface area contributed by atoms with E-state index in [9.17, 15) is 0 Å². The van der Waals surface area contributed by atoms with Crippen LogP contribution in [-0.4, -0.2) is 38.0 Å². The Morgan fingerprint density at radius 1 is 1.20 bits per heavy atom. The van der Waals surface area contributed by atoms with E-state index in [2.05, 4.69) is 49.3 Å². The van der Waals surface area contributed by atoms with Crippen LogP contribution in [0.5, 0.6) is 0 Å². The zero-order valence-corrected chi connectivity index (χ0v) is 11.3. The van der Waals surface area contributed by atoms with E-state index in [1.165, 1.54) is 16.6 Å². The summed E-state index contributed by atoms with van der Waals surface area (Å²) in [6, 6.07) is 8.26. The molecule has 20 heavy (non-hydrogen) atoms. The molecule has 0 aliphatic carbocycles. The Morgan fingerprint density at radius 3 is 3.10 bits per heavy atom. The first kappa shape index (κ1) is 11.7. The van der Waals surface area contributed by atoms with Gasteiger partial charge >= 0.3 is 0 Å². The minimum Gasteiger partial charge on any atom is -0.297 e. The lowest BCUT2D eigenvalue weighted by molar-refractivity contribution is 0.240. The second-order valence-corrected chi connectivity index (χ2v) is 5.35. The SMILES string of the molecule is c1ccc2nn(CCN3CCc4[nH]ncc4C3)cc2c1. The molecule has 5 heteroatoms. The number of aromatic amines is 1. The van der Waals surface area contributed by atoms with Crippen LogP contribution >= 0.6 is 0 Å². The molecule has 1 aliphatic rings. The van der Waals surface area contributed by atoms with Gasteiger partial charge in [-0.25, -0.2) is 0 Å². The lowest BCUT2D eigenvalue weighted by atomic mass is 10.1. The van der Waals surface area contributed by atoms with Crippen LogP contribution < -0.4 is 0 Å². The molecule has 2 aromatic heterocycles. The van der Waals surface area contributed by atoms with Gasteiger partial charge in [-0.2, -0.15) is 10.2 Å². The standard InChI is InChI=1S/C15H17N5/c1-2-4-15-12(3-1)11-20(18-15)8-7-19-6-5-14-13(10-19)9-16-17-14/h1-4,9,11H,5-8,10H2,(H,16,17). The van der Waals surface area contributed by atoms with Crippen molar-refractivity contribution in [1.29, 1.82) is 0 Å². The van der Waals surface area contributed by atoms with Gasteiger partial charge in [0.2, 0.25) is 0 Å². The maximum absolute atomic E-state index is 4.60. The average Bonchev–Trinajstić information content (AvgIpc) is 3.10. The Kier molecular flexibility index (Phi) is 2.77. The smallest absolute Gasteiger partial charge is 0.0923 e. The first-order valence-electron chi connectivity index (χ1n) is 7.04. The largest absolute Gasteiger partial charge is 0.297 e. The van der Waals surface area contributed by atoms with E-state index in [-0.39, 0.29) is 0 Å². The molecule has 0 radical (unpaired) electrons. The van der Waals surface area contributed by atoms with Crippen LogP contribution in [0.3, 0.4) is 0 Å². The third-order valence-corrected chi connectivity index (χ3v) is 3.99. The summed E-state index contributed by atoms with van der Waals surface area (Å²) in [7, 11) is 0. The molecule has 0 saturated heterocycles. The van der Waals surface area contributed by atoms with Crippen LogP contribution in [0.15, 0.2) is 36.7 Å². The molecule has 1 aromatic carbocycles. The minimum atomic E-state index is 0.932. The number of aromatic nitrogens is 4. The molecule has 5 nitrogen and oxygen atoms in total. The van der Waals surface area contributed by atoms with Crippen molar-refractivity contribution in [2.75, 3.05) is 13.1 Å². The van der Waals surface area contributed by atoms with Crippen molar-refractivity contribution in [3.63, 3.8) is 0 Å². The maximum atomic E-state index is 4.60. The molecule has 4 rings (SSSR count). The van der Waals surface area contributed by atoms with Gasteiger partial charge in [0.05, 0.1) is 18.3 Å². The van der Waals surface area contributed by atoms with Gasteiger partial charge < -0.3 is 0 Å². The van der Waals surface area contributed by atoms with Gasteiger partial charge in [0.1, 0.15) is 0 Å². The summed E-state index contributed by atoms with van der Waals surface area (Å²) in [5, 5.41) is 13.0. The molecule has 1 aliphatic heterocycles. The van der Waals surface area contributed by atoms with E-state index < -0.39 is 0 Å². The molecule has 3 heterocycles. The molecule has 0 bridgehead atoms. The summed E-state index contributed by atoms with van der Waals surface area (Å²) in [5.74, 6) is 0. The second-order valence-electron chi connectivity index (χ2n) is 5.35. The molecule has 0 spiro atoms. The van der Waals surface area contributed by atoms with Crippen LogP contribution in [0.2, 0.25) is 0 Å². The Balaban J connectivity index is 1.43. The Morgan fingerprint density at radius 2 is 2.15 bits per heavy atom. The quantitative estimate of drug-likeness (QED) is 0.787. The summed E-state index contributed by atoms with van der Waals surface area (Å²) >= 11 is 0. The van der Waals surface area contributed by atoms with Crippen LogP contribution in [0.1, 0.15) is 11.3 Å². The van der Waals surface area contributed by atoms with Crippen LogP contribution in [0, 0.1) is 0 Å². The van der Waals surface area contributed by atoms with Crippen molar-refractivity contribution in [2.24, 2.45) is 0 Å². The topological polar surface area (TPSA) is 49.7 Å². The molecule has 0 saturated carbocycles. The van der Waals surface area contributed by atoms with Gasteiger partial charge in [-0.1, -0.05) is 18.2 Å². The zero-order chi connectivity index (χ0) is 13.4. The highest BCUT2D eigenvalue weighted by Crippen LogP contribution is 2.16. The molecular formula is C15H17N5. The van der Waals surface area contributed by atoms with E-state index in [0.29, 0.717) is 0 Å². The third-order valence-electron chi connectivity index (χ3n) is 3.99. The highest BCUT2D eigenvalue weighted by atomic mass is 15.3. The van der Waals surface area contributed by atoms with Crippen molar-refractivity contribution < 1.29 is 0 Å². The first-order valence-corrected chi connectivity index (χ1v) is 7.04. The lowest BCUT2D eigenvalue weighted by Gasteiger charge is -2.26. The van der Waals surface area contributed by atoms with Gasteiger partial charge in [-0.3, -0.25) is 14.7 Å². The normalized spacial score (nSPS) is 15.6. The number of rotatable bonds is 3. The highest BCUT2D eigenvalue weighted by Gasteiger charge is 2.17. The molecule has 0 amide bonds. The Labute approximate surface area is 117 Å². The van der Waals surface area contributed by atoms with Crippen molar-refractivity contribution in [2.45, 2.75) is 19.5 Å². The zero-order valence-electron chi connectivity index (χ0n) is 11.3. The van der Waals surface area contributed by atoms with Gasteiger partial charge in [-0.15, -0.1) is 0 Å². The third kappa shape index (κ3) is 2.10. The van der Waals surface area contributed by atoms with Crippen molar-refractivity contribution >= 4 is 10.9 Å². The number of H-pyrrole nitrogens is 1. The summed E-state index contributed by atoms with van der Waals surface area (Å²) in [6.07, 6.45) is 5.14. The highest BCUT2D eigenvalue weighted by molar-refractivity contribution is 5.77. The van der Waals surface area contributed by atoms with Gasteiger partial charge in [0.25, 0.3) is 0 Å². The average molecular weight is 267 g/mol. The lowest BCUT2D eigenvalue weighted by Crippen LogP contribution is -2.32. The second kappa shape index (κ2) is 4.76. The Bertz CT molecular complexity index is 694. The van der Waals surface area contributed by atoms with Crippen LogP contribution in [0.25, 0.3) is 10.9 Å². The molecule has 0 atom stereocenters. The molecule has 1 N–H and O–H groups in total. The van der Waals surface area contributed by atoms with E-state index >= 15 is 0 Å². The van der Waals surface area contributed by atoms with E-state index in [1.54, 1.807) is 0 Å². The van der Waals surface area contributed by atoms with Crippen molar-refractivity contribution in [3.8, 4) is 0 Å². The first-order chi connectivity index (χ1) is 9.88. The number of hydrogen-bond donors (Lipinski definition) is 1. The molecule has 3 aromatic rings. The fourth-order valence-electron chi connectivity index (χ4n) is 2.85. The van der Waals surface area contributed by atoms with E-state index in [0.717, 1.165) is 38.1 Å². The molecular weight excluding hydrogens is 250 g/mol. The van der Waals surface area contributed by atoms with Crippen molar-refractivity contribution in [3.05, 3.63) is 47.9 Å². The molecule has 0 fully saturated rings. The Hall–Kier alpha value is -2.14. The predicted octanol–water partition coefficient (Wildman–Crippen LogP) is 1.82. The molecule has 0 unspecified atom stereocenters. The fourth-order valence-corrected chi connectivity index (χ4v) is 2.85. The summed E-state index contributed by atoms with van der Waals surface area (Å²) in [6.45, 7) is 4.04. The predicted molar refractivity (Wildman–Crippen MR) is 77.3 cm³/mol. The maximum Gasteiger partial charge on any atom is 0.0923 e. The number of benzene rings is 1. The van der Waals surface area contributed by atoms with E-state index in [1.807, 2.05) is 12.3 Å². The van der Waals surface area contributed by atoms with Crippen LogP contribution in [0.4, 0.5) is 0 Å². The van der Waals surface area contributed by atoms with Gasteiger partial charge in [-0.05, 0) is 6.07 Å². The summed E-state index contributed by atoms with van der Waals surface area (Å²) in [5.41, 5.74) is 3.70. The van der Waals surface area contributed by atoms with Gasteiger partial charge in [0.15, 0.2) is 0 Å². The number of hydrogen-bond acceptors (Lipinski definition) is 3. The van der Waals surface area contributed by atoms with E-state index in [4.69, 9.17) is 0 Å². The fraction of sp³-hybridized carbons (Fsp3) is 0.333. The van der Waals surface area contributed by atoms with Crippen LogP contribution in [-0.2, 0) is 19.5 Å². The van der Waals surface area contributed by atoms with Gasteiger partial charge in [0, 0.05) is 48.9 Å². The summed E-state index contributed by atoms with van der Waals surface area (Å²) < 4.78 is 2.05.